The largest absolute Gasteiger partial charge is 0.384 e. The van der Waals surface area contributed by atoms with Crippen molar-refractivity contribution >= 4 is 33.8 Å². The number of nitrogens with zero attached hydrogens (tertiary/aromatic N) is 1. The zero-order valence-electron chi connectivity index (χ0n) is 14.5. The van der Waals surface area contributed by atoms with Crippen molar-refractivity contribution in [2.24, 2.45) is 0 Å². The second-order valence-electron chi connectivity index (χ2n) is 6.60. The molecule has 2 heterocycles. The summed E-state index contributed by atoms with van der Waals surface area (Å²) in [5.74, 6) is 0.151. The summed E-state index contributed by atoms with van der Waals surface area (Å²) in [6, 6.07) is 6.08. The summed E-state index contributed by atoms with van der Waals surface area (Å²) in [5.41, 5.74) is 3.76. The fraction of sp³-hybridized carbons (Fsp3) is 0.588. The van der Waals surface area contributed by atoms with Gasteiger partial charge in [0, 0.05) is 24.8 Å². The summed E-state index contributed by atoms with van der Waals surface area (Å²) in [7, 11) is -2.97. The van der Waals surface area contributed by atoms with E-state index in [1.165, 1.54) is 16.8 Å². The van der Waals surface area contributed by atoms with Crippen molar-refractivity contribution in [3.05, 3.63) is 29.3 Å². The van der Waals surface area contributed by atoms with Crippen molar-refractivity contribution < 1.29 is 13.2 Å². The lowest BCUT2D eigenvalue weighted by molar-refractivity contribution is -0.122. The molecule has 2 aliphatic rings. The van der Waals surface area contributed by atoms with Crippen molar-refractivity contribution in [1.29, 1.82) is 0 Å². The quantitative estimate of drug-likeness (QED) is 0.766. The standard InChI is InChI=1S/C17H25N3O3S.ClH/c1-2-20(10-14-5-3-4-13-6-8-18-17(13)14)11-16(21)19-15-7-9-24(22,23)12-15;/h3-5,15,18H,2,6-12H2,1H3,(H,19,21);1H. The summed E-state index contributed by atoms with van der Waals surface area (Å²) in [6.45, 7) is 4.76. The SMILES string of the molecule is CCN(CC(=O)NC1CCS(=O)(=O)C1)Cc1cccc2c1NCC2.Cl. The Morgan fingerprint density at radius 3 is 2.88 bits per heavy atom. The van der Waals surface area contributed by atoms with E-state index in [4.69, 9.17) is 0 Å². The van der Waals surface area contributed by atoms with E-state index in [-0.39, 0.29) is 42.4 Å². The first kappa shape index (κ1) is 20.0. The first-order chi connectivity index (χ1) is 11.5. The highest BCUT2D eigenvalue weighted by atomic mass is 35.5. The summed E-state index contributed by atoms with van der Waals surface area (Å²) in [6.07, 6.45) is 1.57. The number of amides is 1. The zero-order chi connectivity index (χ0) is 17.2. The van der Waals surface area contributed by atoms with E-state index >= 15 is 0 Å². The van der Waals surface area contributed by atoms with Crippen molar-refractivity contribution in [3.8, 4) is 0 Å². The number of sulfone groups is 1. The van der Waals surface area contributed by atoms with Gasteiger partial charge in [-0.05, 0) is 30.5 Å². The molecule has 6 nitrogen and oxygen atoms in total. The summed E-state index contributed by atoms with van der Waals surface area (Å²) < 4.78 is 23.0. The van der Waals surface area contributed by atoms with Crippen LogP contribution in [0.15, 0.2) is 18.2 Å². The van der Waals surface area contributed by atoms with Gasteiger partial charge < -0.3 is 10.6 Å². The molecule has 0 aromatic heterocycles. The predicted octanol–water partition coefficient (Wildman–Crippen LogP) is 1.20. The molecule has 0 aliphatic carbocycles. The molecule has 1 aromatic carbocycles. The van der Waals surface area contributed by atoms with E-state index in [0.717, 1.165) is 19.5 Å². The molecule has 0 radical (unpaired) electrons. The molecule has 1 fully saturated rings. The third-order valence-corrected chi connectivity index (χ3v) is 6.51. The molecular weight excluding hydrogens is 362 g/mol. The molecule has 1 atom stereocenters. The highest BCUT2D eigenvalue weighted by Crippen LogP contribution is 2.27. The minimum Gasteiger partial charge on any atom is -0.384 e. The Morgan fingerprint density at radius 2 is 2.20 bits per heavy atom. The molecule has 25 heavy (non-hydrogen) atoms. The Balaban J connectivity index is 0.00000225. The Morgan fingerprint density at radius 1 is 1.40 bits per heavy atom. The van der Waals surface area contributed by atoms with Gasteiger partial charge in [-0.15, -0.1) is 12.4 Å². The van der Waals surface area contributed by atoms with E-state index in [2.05, 4.69) is 33.7 Å². The van der Waals surface area contributed by atoms with Crippen LogP contribution in [-0.4, -0.2) is 56.4 Å². The van der Waals surface area contributed by atoms with Crippen LogP contribution < -0.4 is 10.6 Å². The number of benzene rings is 1. The number of rotatable bonds is 6. The first-order valence-corrected chi connectivity index (χ1v) is 10.4. The fourth-order valence-electron chi connectivity index (χ4n) is 3.45. The molecule has 0 bridgehead atoms. The molecule has 1 amide bonds. The average Bonchev–Trinajstić information content (AvgIpc) is 3.13. The lowest BCUT2D eigenvalue weighted by Crippen LogP contribution is -2.42. The smallest absolute Gasteiger partial charge is 0.234 e. The number of carbonyl (C=O) groups excluding carboxylic acids is 1. The third-order valence-electron chi connectivity index (χ3n) is 4.74. The minimum absolute atomic E-state index is 0. The number of hydrogen-bond acceptors (Lipinski definition) is 5. The van der Waals surface area contributed by atoms with Gasteiger partial charge in [-0.1, -0.05) is 25.1 Å². The van der Waals surface area contributed by atoms with Gasteiger partial charge in [0.15, 0.2) is 9.84 Å². The molecule has 140 valence electrons. The van der Waals surface area contributed by atoms with Gasteiger partial charge in [0.05, 0.1) is 18.1 Å². The van der Waals surface area contributed by atoms with Crippen LogP contribution in [0.4, 0.5) is 5.69 Å². The Kier molecular flexibility index (Phi) is 6.71. The Labute approximate surface area is 155 Å². The molecular formula is C17H26ClN3O3S. The maximum Gasteiger partial charge on any atom is 0.234 e. The van der Waals surface area contributed by atoms with E-state index in [1.807, 2.05) is 6.92 Å². The van der Waals surface area contributed by atoms with Crippen LogP contribution in [-0.2, 0) is 27.6 Å². The Bertz CT molecular complexity index is 724. The van der Waals surface area contributed by atoms with Crippen LogP contribution in [0.2, 0.25) is 0 Å². The first-order valence-electron chi connectivity index (χ1n) is 8.53. The van der Waals surface area contributed by atoms with Crippen molar-refractivity contribution in [2.45, 2.75) is 32.4 Å². The third kappa shape index (κ3) is 5.09. The summed E-state index contributed by atoms with van der Waals surface area (Å²) in [5, 5.41) is 6.29. The highest BCUT2D eigenvalue weighted by molar-refractivity contribution is 7.91. The van der Waals surface area contributed by atoms with Crippen LogP contribution >= 0.6 is 12.4 Å². The maximum atomic E-state index is 12.2. The number of hydrogen-bond donors (Lipinski definition) is 2. The van der Waals surface area contributed by atoms with Gasteiger partial charge in [0.25, 0.3) is 0 Å². The van der Waals surface area contributed by atoms with Crippen LogP contribution in [0.3, 0.4) is 0 Å². The van der Waals surface area contributed by atoms with Gasteiger partial charge in [-0.2, -0.15) is 0 Å². The molecule has 0 saturated carbocycles. The average molecular weight is 388 g/mol. The Hall–Kier alpha value is -1.31. The topological polar surface area (TPSA) is 78.5 Å². The van der Waals surface area contributed by atoms with Crippen molar-refractivity contribution in [3.63, 3.8) is 0 Å². The molecule has 0 spiro atoms. The van der Waals surface area contributed by atoms with E-state index < -0.39 is 9.84 Å². The number of likely N-dealkylation sites (N-methyl/N-ethyl adjacent to an activating group) is 1. The summed E-state index contributed by atoms with van der Waals surface area (Å²) >= 11 is 0. The lowest BCUT2D eigenvalue weighted by Gasteiger charge is -2.22. The number of anilines is 1. The minimum atomic E-state index is -2.97. The van der Waals surface area contributed by atoms with Crippen LogP contribution in [0, 0.1) is 0 Å². The molecule has 2 N–H and O–H groups in total. The molecule has 3 rings (SSSR count). The molecule has 8 heteroatoms. The number of para-hydroxylation sites is 1. The normalized spacial score (nSPS) is 20.6. The number of carbonyl (C=O) groups is 1. The van der Waals surface area contributed by atoms with Crippen LogP contribution in [0.25, 0.3) is 0 Å². The molecule has 1 unspecified atom stereocenters. The molecule has 1 saturated heterocycles. The zero-order valence-corrected chi connectivity index (χ0v) is 16.1. The van der Waals surface area contributed by atoms with E-state index in [9.17, 15) is 13.2 Å². The van der Waals surface area contributed by atoms with Gasteiger partial charge in [0.1, 0.15) is 0 Å². The van der Waals surface area contributed by atoms with E-state index in [0.29, 0.717) is 13.0 Å². The highest BCUT2D eigenvalue weighted by Gasteiger charge is 2.29. The number of nitrogens with one attached hydrogen (secondary N) is 2. The monoisotopic (exact) mass is 387 g/mol. The number of halogens is 1. The van der Waals surface area contributed by atoms with Crippen molar-refractivity contribution in [1.82, 2.24) is 10.2 Å². The number of fused-ring (bicyclic) bond motifs is 1. The second kappa shape index (κ2) is 8.38. The van der Waals surface area contributed by atoms with E-state index in [1.54, 1.807) is 0 Å². The van der Waals surface area contributed by atoms with Crippen molar-refractivity contribution in [2.75, 3.05) is 36.5 Å². The van der Waals surface area contributed by atoms with Crippen LogP contribution in [0.1, 0.15) is 24.5 Å². The fourth-order valence-corrected chi connectivity index (χ4v) is 5.12. The molecule has 1 aromatic rings. The van der Waals surface area contributed by atoms with Crippen LogP contribution in [0.5, 0.6) is 0 Å². The predicted molar refractivity (Wildman–Crippen MR) is 102 cm³/mol. The van der Waals surface area contributed by atoms with Gasteiger partial charge in [-0.25, -0.2) is 8.42 Å². The summed E-state index contributed by atoms with van der Waals surface area (Å²) in [4.78, 5) is 14.3. The lowest BCUT2D eigenvalue weighted by atomic mass is 10.1. The van der Waals surface area contributed by atoms with Gasteiger partial charge in [0.2, 0.25) is 5.91 Å². The maximum absolute atomic E-state index is 12.2. The van der Waals surface area contributed by atoms with Gasteiger partial charge >= 0.3 is 0 Å². The second-order valence-corrected chi connectivity index (χ2v) is 8.83. The molecule has 2 aliphatic heterocycles. The van der Waals surface area contributed by atoms with Gasteiger partial charge in [-0.3, -0.25) is 9.69 Å².